The molecule has 0 saturated heterocycles. The molecule has 1 heterocycles. The van der Waals surface area contributed by atoms with Crippen LogP contribution in [0.5, 0.6) is 0 Å². The summed E-state index contributed by atoms with van der Waals surface area (Å²) in [6, 6.07) is 18.7. The number of carbonyl (C=O) groups excluding carboxylic acids is 2. The number of nitrogens with one attached hydrogen (secondary N) is 1. The van der Waals surface area contributed by atoms with E-state index in [2.05, 4.69) is 11.6 Å². The van der Waals surface area contributed by atoms with Gasteiger partial charge in [0.2, 0.25) is 0 Å². The molecular weight excluding hydrogens is 382 g/mol. The standard InChI is InChI=1S/C28H25NO2/c1-3-8-23(26-18-24-25(29-26)11-7-12-27(24)30)17-19(2)20-13-15-22(16-14-20)28(31)21-9-5-4-6-10-21/h3-6,8-10,13-18,29H,2,7,11-12H2,1H3/b8-3-,23-17+. The van der Waals surface area contributed by atoms with Gasteiger partial charge in [-0.25, -0.2) is 0 Å². The van der Waals surface area contributed by atoms with E-state index in [1.54, 1.807) is 0 Å². The Bertz CT molecular complexity index is 1190. The van der Waals surface area contributed by atoms with Gasteiger partial charge in [0.1, 0.15) is 0 Å². The quantitative estimate of drug-likeness (QED) is 0.378. The molecule has 0 amide bonds. The molecule has 0 atom stereocenters. The van der Waals surface area contributed by atoms with Crippen molar-refractivity contribution in [1.29, 1.82) is 0 Å². The predicted molar refractivity (Wildman–Crippen MR) is 126 cm³/mol. The van der Waals surface area contributed by atoms with Gasteiger partial charge in [-0.1, -0.05) is 73.3 Å². The van der Waals surface area contributed by atoms with Gasteiger partial charge in [-0.05, 0) is 48.6 Å². The molecule has 3 aromatic rings. The SMILES string of the molecule is C=C(/C=C(\C=C/C)c1cc2c([nH]1)CCCC2=O)c1ccc(C(=O)c2ccccc2)cc1. The summed E-state index contributed by atoms with van der Waals surface area (Å²) in [5, 5.41) is 0. The van der Waals surface area contributed by atoms with Gasteiger partial charge in [-0.15, -0.1) is 0 Å². The van der Waals surface area contributed by atoms with E-state index in [1.165, 1.54) is 0 Å². The van der Waals surface area contributed by atoms with Crippen LogP contribution in [0.1, 0.15) is 63.0 Å². The second-order valence-electron chi connectivity index (χ2n) is 7.75. The number of aromatic amines is 1. The lowest BCUT2D eigenvalue weighted by Gasteiger charge is -2.08. The third kappa shape index (κ3) is 4.41. The number of ketones is 2. The van der Waals surface area contributed by atoms with Gasteiger partial charge in [0.15, 0.2) is 11.6 Å². The number of fused-ring (bicyclic) bond motifs is 1. The largest absolute Gasteiger partial charge is 0.358 e. The minimum Gasteiger partial charge on any atom is -0.358 e. The fourth-order valence-corrected chi connectivity index (χ4v) is 3.92. The number of rotatable bonds is 6. The van der Waals surface area contributed by atoms with E-state index in [1.807, 2.05) is 85.8 Å². The number of hydrogen-bond acceptors (Lipinski definition) is 2. The molecule has 0 unspecified atom stereocenters. The summed E-state index contributed by atoms with van der Waals surface area (Å²) in [7, 11) is 0. The summed E-state index contributed by atoms with van der Waals surface area (Å²) in [4.78, 5) is 28.3. The molecule has 2 aromatic carbocycles. The van der Waals surface area contributed by atoms with E-state index >= 15 is 0 Å². The second-order valence-corrected chi connectivity index (χ2v) is 7.75. The summed E-state index contributed by atoms with van der Waals surface area (Å²) in [5.74, 6) is 0.214. The molecule has 0 fully saturated rings. The Hall–Kier alpha value is -3.72. The van der Waals surface area contributed by atoms with Gasteiger partial charge in [0.25, 0.3) is 0 Å². The number of benzene rings is 2. The van der Waals surface area contributed by atoms with Gasteiger partial charge >= 0.3 is 0 Å². The molecule has 31 heavy (non-hydrogen) atoms. The average molecular weight is 408 g/mol. The zero-order valence-corrected chi connectivity index (χ0v) is 17.7. The molecule has 154 valence electrons. The van der Waals surface area contributed by atoms with Crippen LogP contribution < -0.4 is 0 Å². The maximum absolute atomic E-state index is 12.6. The van der Waals surface area contributed by atoms with Crippen molar-refractivity contribution in [2.75, 3.05) is 0 Å². The smallest absolute Gasteiger partial charge is 0.193 e. The lowest BCUT2D eigenvalue weighted by atomic mass is 9.96. The van der Waals surface area contributed by atoms with Crippen LogP contribution in [0.25, 0.3) is 11.1 Å². The molecular formula is C28H25NO2. The van der Waals surface area contributed by atoms with Crippen molar-refractivity contribution in [3.05, 3.63) is 119 Å². The Morgan fingerprint density at radius 3 is 2.32 bits per heavy atom. The Balaban J connectivity index is 1.59. The molecule has 0 radical (unpaired) electrons. The van der Waals surface area contributed by atoms with E-state index in [9.17, 15) is 9.59 Å². The number of carbonyl (C=O) groups is 2. The van der Waals surface area contributed by atoms with Crippen molar-refractivity contribution in [3.8, 4) is 0 Å². The monoisotopic (exact) mass is 407 g/mol. The lowest BCUT2D eigenvalue weighted by molar-refractivity contribution is 0.0971. The van der Waals surface area contributed by atoms with Gasteiger partial charge in [-0.3, -0.25) is 9.59 Å². The van der Waals surface area contributed by atoms with Crippen molar-refractivity contribution in [3.63, 3.8) is 0 Å². The number of aryl methyl sites for hydroxylation is 1. The summed E-state index contributed by atoms with van der Waals surface area (Å²) in [6.07, 6.45) is 8.42. The first-order valence-corrected chi connectivity index (χ1v) is 10.6. The molecule has 1 aliphatic rings. The first kappa shape index (κ1) is 20.5. The van der Waals surface area contributed by atoms with Gasteiger partial charge < -0.3 is 4.98 Å². The lowest BCUT2D eigenvalue weighted by Crippen LogP contribution is -2.08. The zero-order valence-electron chi connectivity index (χ0n) is 17.7. The molecule has 3 heteroatoms. The predicted octanol–water partition coefficient (Wildman–Crippen LogP) is 6.44. The van der Waals surface area contributed by atoms with Crippen molar-refractivity contribution in [2.45, 2.75) is 26.2 Å². The molecule has 3 nitrogen and oxygen atoms in total. The Labute approximate surface area is 182 Å². The first-order chi connectivity index (χ1) is 15.1. The highest BCUT2D eigenvalue weighted by Crippen LogP contribution is 2.28. The molecule has 0 spiro atoms. The Kier molecular flexibility index (Phi) is 5.94. The summed E-state index contributed by atoms with van der Waals surface area (Å²) in [5.41, 5.74) is 6.84. The summed E-state index contributed by atoms with van der Waals surface area (Å²) < 4.78 is 0. The van der Waals surface area contributed by atoms with Gasteiger partial charge in [0.05, 0.1) is 0 Å². The fourth-order valence-electron chi connectivity index (χ4n) is 3.92. The van der Waals surface area contributed by atoms with E-state index in [-0.39, 0.29) is 11.6 Å². The van der Waals surface area contributed by atoms with Crippen LogP contribution >= 0.6 is 0 Å². The van der Waals surface area contributed by atoms with Crippen molar-refractivity contribution in [1.82, 2.24) is 4.98 Å². The molecule has 1 N–H and O–H groups in total. The molecule has 0 aliphatic heterocycles. The average Bonchev–Trinajstić information content (AvgIpc) is 3.25. The third-order valence-electron chi connectivity index (χ3n) is 5.57. The first-order valence-electron chi connectivity index (χ1n) is 10.6. The topological polar surface area (TPSA) is 49.9 Å². The highest BCUT2D eigenvalue weighted by atomic mass is 16.1. The molecule has 1 aromatic heterocycles. The number of Topliss-reactive ketones (excluding diaryl/α,β-unsaturated/α-hetero) is 1. The number of aromatic nitrogens is 1. The summed E-state index contributed by atoms with van der Waals surface area (Å²) >= 11 is 0. The van der Waals surface area contributed by atoms with Crippen LogP contribution in [0.3, 0.4) is 0 Å². The van der Waals surface area contributed by atoms with Crippen molar-refractivity contribution >= 4 is 22.7 Å². The van der Waals surface area contributed by atoms with Crippen molar-refractivity contribution in [2.24, 2.45) is 0 Å². The van der Waals surface area contributed by atoms with E-state index < -0.39 is 0 Å². The number of allylic oxidation sites excluding steroid dienone is 5. The maximum atomic E-state index is 12.6. The molecule has 1 aliphatic carbocycles. The highest BCUT2D eigenvalue weighted by molar-refractivity contribution is 6.09. The normalized spacial score (nSPS) is 14.0. The van der Waals surface area contributed by atoms with E-state index in [4.69, 9.17) is 0 Å². The van der Waals surface area contributed by atoms with Crippen LogP contribution in [0.15, 0.2) is 85.5 Å². The second kappa shape index (κ2) is 8.97. The third-order valence-corrected chi connectivity index (χ3v) is 5.57. The molecule has 4 rings (SSSR count). The fraction of sp³-hybridized carbons (Fsp3) is 0.143. The van der Waals surface area contributed by atoms with E-state index in [0.717, 1.165) is 46.5 Å². The van der Waals surface area contributed by atoms with Crippen LogP contribution in [0, 0.1) is 0 Å². The minimum atomic E-state index is 0.00421. The minimum absolute atomic E-state index is 0.00421. The van der Waals surface area contributed by atoms with Crippen molar-refractivity contribution < 1.29 is 9.59 Å². The van der Waals surface area contributed by atoms with Crippen LogP contribution in [-0.2, 0) is 6.42 Å². The number of hydrogen-bond donors (Lipinski definition) is 1. The Morgan fingerprint density at radius 2 is 1.65 bits per heavy atom. The van der Waals surface area contributed by atoms with Gasteiger partial charge in [0, 0.05) is 34.5 Å². The highest BCUT2D eigenvalue weighted by Gasteiger charge is 2.20. The molecule has 0 bridgehead atoms. The van der Waals surface area contributed by atoms with Crippen LogP contribution in [0.2, 0.25) is 0 Å². The van der Waals surface area contributed by atoms with Gasteiger partial charge in [-0.2, -0.15) is 0 Å². The Morgan fingerprint density at radius 1 is 0.968 bits per heavy atom. The zero-order chi connectivity index (χ0) is 21.8. The molecule has 0 saturated carbocycles. The summed E-state index contributed by atoms with van der Waals surface area (Å²) in [6.45, 7) is 6.19. The number of H-pyrrole nitrogens is 1. The van der Waals surface area contributed by atoms with Crippen LogP contribution in [0.4, 0.5) is 0 Å². The van der Waals surface area contributed by atoms with E-state index in [0.29, 0.717) is 17.5 Å². The van der Waals surface area contributed by atoms with Crippen LogP contribution in [-0.4, -0.2) is 16.6 Å². The maximum Gasteiger partial charge on any atom is 0.193 e.